The highest BCUT2D eigenvalue weighted by molar-refractivity contribution is 5.99. The van der Waals surface area contributed by atoms with Gasteiger partial charge in [0.05, 0.1) is 0 Å². The fraction of sp³-hybridized carbons (Fsp3) is 0.714. The minimum absolute atomic E-state index is 0.0964. The second-order valence-electron chi connectivity index (χ2n) is 8.76. The number of fused-ring (bicyclic) bond motifs is 5. The molecule has 3 fully saturated rings. The molecule has 0 aromatic carbocycles. The van der Waals surface area contributed by atoms with E-state index < -0.39 is 0 Å². The van der Waals surface area contributed by atoms with Crippen LogP contribution in [0.15, 0.2) is 23.3 Å². The Morgan fingerprint density at radius 1 is 1.13 bits per heavy atom. The maximum atomic E-state index is 12.5. The minimum atomic E-state index is 0.0964. The molecule has 5 atom stereocenters. The van der Waals surface area contributed by atoms with E-state index in [2.05, 4.69) is 26.0 Å². The predicted octanol–water partition coefficient (Wildman–Crippen LogP) is 4.64. The second-order valence-corrected chi connectivity index (χ2v) is 8.76. The number of rotatable bonds is 0. The summed E-state index contributed by atoms with van der Waals surface area (Å²) in [5, 5.41) is 0. The van der Waals surface area contributed by atoms with Gasteiger partial charge < -0.3 is 0 Å². The van der Waals surface area contributed by atoms with Crippen molar-refractivity contribution in [2.75, 3.05) is 0 Å². The van der Waals surface area contributed by atoms with E-state index in [4.69, 9.17) is 0 Å². The summed E-state index contributed by atoms with van der Waals surface area (Å²) in [5.74, 6) is 2.60. The van der Waals surface area contributed by atoms with Crippen LogP contribution in [-0.4, -0.2) is 11.6 Å². The van der Waals surface area contributed by atoms with Crippen LogP contribution in [0.25, 0.3) is 0 Å². The van der Waals surface area contributed by atoms with Crippen molar-refractivity contribution in [1.29, 1.82) is 0 Å². The standard InChI is InChI=1S/C21H28O2/c1-4-16-19(23)12-18-15-6-5-13-11-14(22)7-9-20(13,2)17(15)8-10-21(16,18)3/h4-5,15,17-18H,6-12H2,1-3H3/t15?,17?,18?,20-,21+/m0/s1. The van der Waals surface area contributed by atoms with Gasteiger partial charge in [-0.05, 0) is 66.8 Å². The Labute approximate surface area is 139 Å². The Morgan fingerprint density at radius 3 is 2.65 bits per heavy atom. The van der Waals surface area contributed by atoms with Crippen molar-refractivity contribution < 1.29 is 9.59 Å². The number of Topliss-reactive ketones (excluding diaryl/α,β-unsaturated/α-hetero) is 2. The van der Waals surface area contributed by atoms with Gasteiger partial charge in [-0.25, -0.2) is 0 Å². The summed E-state index contributed by atoms with van der Waals surface area (Å²) < 4.78 is 0. The number of ketones is 2. The molecule has 23 heavy (non-hydrogen) atoms. The lowest BCUT2D eigenvalue weighted by molar-refractivity contribution is -0.122. The molecule has 0 amide bonds. The summed E-state index contributed by atoms with van der Waals surface area (Å²) in [5.41, 5.74) is 2.81. The van der Waals surface area contributed by atoms with Crippen LogP contribution in [0.1, 0.15) is 65.7 Å². The number of allylic oxidation sites excluding steroid dienone is 4. The zero-order valence-electron chi connectivity index (χ0n) is 14.7. The molecule has 3 unspecified atom stereocenters. The number of hydrogen-bond acceptors (Lipinski definition) is 2. The van der Waals surface area contributed by atoms with Gasteiger partial charge in [-0.3, -0.25) is 9.59 Å². The molecule has 0 saturated heterocycles. The fourth-order valence-corrected chi connectivity index (χ4v) is 6.63. The third kappa shape index (κ3) is 1.93. The fourth-order valence-electron chi connectivity index (χ4n) is 6.63. The van der Waals surface area contributed by atoms with Crippen molar-refractivity contribution in [1.82, 2.24) is 0 Å². The van der Waals surface area contributed by atoms with Crippen LogP contribution in [0.3, 0.4) is 0 Å². The highest BCUT2D eigenvalue weighted by Gasteiger charge is 2.59. The van der Waals surface area contributed by atoms with E-state index in [9.17, 15) is 9.59 Å². The molecule has 2 heteroatoms. The van der Waals surface area contributed by atoms with Crippen LogP contribution in [-0.2, 0) is 9.59 Å². The van der Waals surface area contributed by atoms with Gasteiger partial charge in [-0.2, -0.15) is 0 Å². The molecular formula is C21H28O2. The second kappa shape index (κ2) is 4.91. The Morgan fingerprint density at radius 2 is 1.91 bits per heavy atom. The summed E-state index contributed by atoms with van der Waals surface area (Å²) in [6.07, 6.45) is 11.1. The van der Waals surface area contributed by atoms with Gasteiger partial charge in [-0.1, -0.05) is 31.6 Å². The molecule has 0 heterocycles. The summed E-state index contributed by atoms with van der Waals surface area (Å²) in [4.78, 5) is 24.4. The van der Waals surface area contributed by atoms with Crippen molar-refractivity contribution in [2.24, 2.45) is 28.6 Å². The molecule has 0 aliphatic heterocycles. The third-order valence-corrected chi connectivity index (χ3v) is 7.94. The van der Waals surface area contributed by atoms with E-state index in [-0.39, 0.29) is 10.8 Å². The van der Waals surface area contributed by atoms with Gasteiger partial charge in [0.2, 0.25) is 0 Å². The van der Waals surface area contributed by atoms with E-state index in [1.165, 1.54) is 12.0 Å². The van der Waals surface area contributed by atoms with Gasteiger partial charge in [0.25, 0.3) is 0 Å². The van der Waals surface area contributed by atoms with Crippen LogP contribution in [0.4, 0.5) is 0 Å². The predicted molar refractivity (Wildman–Crippen MR) is 90.9 cm³/mol. The van der Waals surface area contributed by atoms with Crippen molar-refractivity contribution in [3.8, 4) is 0 Å². The van der Waals surface area contributed by atoms with E-state index in [1.807, 2.05) is 6.92 Å². The van der Waals surface area contributed by atoms with E-state index in [0.29, 0.717) is 35.7 Å². The van der Waals surface area contributed by atoms with Crippen molar-refractivity contribution in [2.45, 2.75) is 65.7 Å². The molecule has 0 aromatic rings. The summed E-state index contributed by atoms with van der Waals surface area (Å²) in [7, 11) is 0. The van der Waals surface area contributed by atoms with Crippen LogP contribution >= 0.6 is 0 Å². The normalized spacial score (nSPS) is 47.9. The number of carbonyl (C=O) groups excluding carboxylic acids is 2. The Kier molecular flexibility index (Phi) is 3.28. The van der Waals surface area contributed by atoms with Gasteiger partial charge in [-0.15, -0.1) is 0 Å². The molecular weight excluding hydrogens is 284 g/mol. The first-order valence-electron chi connectivity index (χ1n) is 9.31. The van der Waals surface area contributed by atoms with Crippen LogP contribution < -0.4 is 0 Å². The molecule has 124 valence electrons. The quantitative estimate of drug-likeness (QED) is 0.482. The molecule has 0 aromatic heterocycles. The largest absolute Gasteiger partial charge is 0.299 e. The third-order valence-electron chi connectivity index (χ3n) is 7.94. The van der Waals surface area contributed by atoms with Crippen molar-refractivity contribution >= 4 is 11.6 Å². The first-order valence-corrected chi connectivity index (χ1v) is 9.31. The first kappa shape index (κ1) is 15.4. The molecule has 3 saturated carbocycles. The minimum Gasteiger partial charge on any atom is -0.299 e. The molecule has 0 radical (unpaired) electrons. The Hall–Kier alpha value is -1.18. The summed E-state index contributed by atoms with van der Waals surface area (Å²) >= 11 is 0. The smallest absolute Gasteiger partial charge is 0.159 e. The monoisotopic (exact) mass is 312 g/mol. The topological polar surface area (TPSA) is 34.1 Å². The summed E-state index contributed by atoms with van der Waals surface area (Å²) in [6.45, 7) is 6.76. The van der Waals surface area contributed by atoms with Gasteiger partial charge in [0.1, 0.15) is 5.78 Å². The SMILES string of the molecule is CC=C1C(=O)CC2C3CC=C4CC(=O)CC[C@]4(C)C3CC[C@]12C. The van der Waals surface area contributed by atoms with Crippen LogP contribution in [0.5, 0.6) is 0 Å². The van der Waals surface area contributed by atoms with Gasteiger partial charge in [0, 0.05) is 19.3 Å². The number of hydrogen-bond donors (Lipinski definition) is 0. The highest BCUT2D eigenvalue weighted by atomic mass is 16.1. The van der Waals surface area contributed by atoms with Gasteiger partial charge >= 0.3 is 0 Å². The zero-order valence-corrected chi connectivity index (χ0v) is 14.7. The molecule has 4 rings (SSSR count). The maximum absolute atomic E-state index is 12.5. The molecule has 0 spiro atoms. The van der Waals surface area contributed by atoms with Crippen LogP contribution in [0, 0.1) is 28.6 Å². The maximum Gasteiger partial charge on any atom is 0.159 e. The Bertz CT molecular complexity index is 640. The molecule has 0 N–H and O–H groups in total. The average molecular weight is 312 g/mol. The zero-order chi connectivity index (χ0) is 16.4. The molecule has 0 bridgehead atoms. The van der Waals surface area contributed by atoms with Gasteiger partial charge in [0.15, 0.2) is 5.78 Å². The average Bonchev–Trinajstić information content (AvgIpc) is 2.77. The van der Waals surface area contributed by atoms with Crippen LogP contribution in [0.2, 0.25) is 0 Å². The van der Waals surface area contributed by atoms with Crippen molar-refractivity contribution in [3.05, 3.63) is 23.3 Å². The first-order chi connectivity index (χ1) is 10.9. The highest BCUT2D eigenvalue weighted by Crippen LogP contribution is 2.65. The molecule has 4 aliphatic rings. The molecule has 2 nitrogen and oxygen atoms in total. The lowest BCUT2D eigenvalue weighted by Crippen LogP contribution is -2.49. The Balaban J connectivity index is 1.73. The van der Waals surface area contributed by atoms with Crippen molar-refractivity contribution in [3.63, 3.8) is 0 Å². The number of carbonyl (C=O) groups is 2. The lowest BCUT2D eigenvalue weighted by atomic mass is 9.48. The summed E-state index contributed by atoms with van der Waals surface area (Å²) in [6, 6.07) is 0. The van der Waals surface area contributed by atoms with E-state index in [0.717, 1.165) is 37.7 Å². The van der Waals surface area contributed by atoms with E-state index >= 15 is 0 Å². The van der Waals surface area contributed by atoms with E-state index in [1.54, 1.807) is 0 Å². The lowest BCUT2D eigenvalue weighted by Gasteiger charge is -2.56. The molecule has 4 aliphatic carbocycles.